The first kappa shape index (κ1) is 14.3. The van der Waals surface area contributed by atoms with Crippen LogP contribution in [0.1, 0.15) is 29.9 Å². The standard InChI is InChI=1S/C19H14ClN5O/c1-26-19-23-22-17-10-5-4-6-11(20)16(10)14-9-15(25(17)19)18-21-12-7-2-3-8-13(12)24(14)18/h2-8,14-15H,9H2,1H3/t14-,15-/m1/s1. The van der Waals surface area contributed by atoms with E-state index in [-0.39, 0.29) is 12.1 Å². The summed E-state index contributed by atoms with van der Waals surface area (Å²) >= 11 is 6.68. The molecule has 4 heterocycles. The molecule has 128 valence electrons. The van der Waals surface area contributed by atoms with Gasteiger partial charge in [-0.05, 0) is 18.2 Å². The van der Waals surface area contributed by atoms with Gasteiger partial charge in [0, 0.05) is 22.6 Å². The Kier molecular flexibility index (Phi) is 2.68. The van der Waals surface area contributed by atoms with Gasteiger partial charge < -0.3 is 9.30 Å². The fourth-order valence-electron chi connectivity index (χ4n) is 4.47. The minimum atomic E-state index is 0.0100. The second-order valence-corrected chi connectivity index (χ2v) is 7.08. The van der Waals surface area contributed by atoms with Crippen molar-refractivity contribution in [1.29, 1.82) is 0 Å². The van der Waals surface area contributed by atoms with Crippen molar-refractivity contribution in [2.45, 2.75) is 18.5 Å². The van der Waals surface area contributed by atoms with Gasteiger partial charge in [-0.1, -0.05) is 41.0 Å². The van der Waals surface area contributed by atoms with Crippen LogP contribution in [0.4, 0.5) is 0 Å². The van der Waals surface area contributed by atoms with Gasteiger partial charge in [0.15, 0.2) is 5.82 Å². The Labute approximate surface area is 154 Å². The molecule has 7 heteroatoms. The van der Waals surface area contributed by atoms with Crippen molar-refractivity contribution in [3.8, 4) is 17.4 Å². The zero-order valence-corrected chi connectivity index (χ0v) is 14.7. The van der Waals surface area contributed by atoms with E-state index in [9.17, 15) is 0 Å². The van der Waals surface area contributed by atoms with E-state index in [1.165, 1.54) is 0 Å². The first-order chi connectivity index (χ1) is 12.8. The van der Waals surface area contributed by atoms with Gasteiger partial charge >= 0.3 is 6.01 Å². The molecule has 2 bridgehead atoms. The highest BCUT2D eigenvalue weighted by molar-refractivity contribution is 6.31. The minimum absolute atomic E-state index is 0.0100. The van der Waals surface area contributed by atoms with E-state index in [0.29, 0.717) is 6.01 Å². The van der Waals surface area contributed by atoms with Crippen LogP contribution in [0.2, 0.25) is 5.02 Å². The van der Waals surface area contributed by atoms with Crippen molar-refractivity contribution in [2.75, 3.05) is 7.11 Å². The smallest absolute Gasteiger partial charge is 0.317 e. The Morgan fingerprint density at radius 1 is 1.04 bits per heavy atom. The number of methoxy groups -OCH3 is 1. The van der Waals surface area contributed by atoms with Crippen molar-refractivity contribution in [1.82, 2.24) is 24.3 Å². The highest BCUT2D eigenvalue weighted by Crippen LogP contribution is 2.51. The minimum Gasteiger partial charge on any atom is -0.467 e. The molecule has 2 aliphatic heterocycles. The second-order valence-electron chi connectivity index (χ2n) is 6.68. The lowest BCUT2D eigenvalue weighted by Crippen LogP contribution is -2.12. The van der Waals surface area contributed by atoms with Gasteiger partial charge in [-0.25, -0.2) is 4.98 Å². The molecule has 0 unspecified atom stereocenters. The maximum atomic E-state index is 6.68. The molecule has 2 atom stereocenters. The molecule has 0 saturated carbocycles. The highest BCUT2D eigenvalue weighted by atomic mass is 35.5. The van der Waals surface area contributed by atoms with E-state index in [0.717, 1.165) is 45.3 Å². The largest absolute Gasteiger partial charge is 0.467 e. The van der Waals surface area contributed by atoms with Crippen LogP contribution in [0.5, 0.6) is 6.01 Å². The van der Waals surface area contributed by atoms with Crippen molar-refractivity contribution < 1.29 is 4.74 Å². The van der Waals surface area contributed by atoms with E-state index in [1.807, 2.05) is 30.3 Å². The van der Waals surface area contributed by atoms with Crippen LogP contribution in [0.3, 0.4) is 0 Å². The molecule has 6 nitrogen and oxygen atoms in total. The zero-order valence-electron chi connectivity index (χ0n) is 13.9. The van der Waals surface area contributed by atoms with Crippen molar-refractivity contribution in [2.24, 2.45) is 0 Å². The molecule has 26 heavy (non-hydrogen) atoms. The number of rotatable bonds is 1. The van der Waals surface area contributed by atoms with Gasteiger partial charge in [-0.15, -0.1) is 5.10 Å². The van der Waals surface area contributed by atoms with Crippen LogP contribution < -0.4 is 4.74 Å². The lowest BCUT2D eigenvalue weighted by atomic mass is 9.98. The number of halogens is 1. The molecular formula is C19H14ClN5O. The number of fused-ring (bicyclic) bond motifs is 6. The van der Waals surface area contributed by atoms with Crippen LogP contribution in [-0.4, -0.2) is 31.4 Å². The van der Waals surface area contributed by atoms with Gasteiger partial charge in [-0.2, -0.15) is 0 Å². The SMILES string of the molecule is COc1nnc2n1[C@@H]1C[C@H](c3c(Cl)cccc3-2)n2c1nc1ccccc12. The quantitative estimate of drug-likeness (QED) is 0.515. The summed E-state index contributed by atoms with van der Waals surface area (Å²) in [6, 6.07) is 14.8. The maximum Gasteiger partial charge on any atom is 0.317 e. The van der Waals surface area contributed by atoms with E-state index >= 15 is 0 Å². The Morgan fingerprint density at radius 3 is 2.81 bits per heavy atom. The van der Waals surface area contributed by atoms with Crippen LogP contribution in [0.25, 0.3) is 22.4 Å². The predicted molar refractivity (Wildman–Crippen MR) is 97.6 cm³/mol. The van der Waals surface area contributed by atoms with Crippen molar-refractivity contribution in [3.63, 3.8) is 0 Å². The number of benzene rings is 2. The normalized spacial score (nSPS) is 19.8. The number of para-hydroxylation sites is 2. The number of hydrogen-bond acceptors (Lipinski definition) is 4. The molecule has 2 aliphatic rings. The molecule has 0 saturated heterocycles. The molecule has 0 fully saturated rings. The average Bonchev–Trinajstić information content (AvgIpc) is 3.30. The Morgan fingerprint density at radius 2 is 1.92 bits per heavy atom. The number of nitrogens with zero attached hydrogens (tertiary/aromatic N) is 5. The topological polar surface area (TPSA) is 57.8 Å². The molecule has 0 amide bonds. The van der Waals surface area contributed by atoms with Gasteiger partial charge in [-0.3, -0.25) is 4.57 Å². The van der Waals surface area contributed by atoms with Crippen molar-refractivity contribution in [3.05, 3.63) is 58.9 Å². The van der Waals surface area contributed by atoms with Crippen molar-refractivity contribution >= 4 is 22.6 Å². The van der Waals surface area contributed by atoms with Crippen LogP contribution >= 0.6 is 11.6 Å². The molecular weight excluding hydrogens is 350 g/mol. The first-order valence-corrected chi connectivity index (χ1v) is 8.90. The summed E-state index contributed by atoms with van der Waals surface area (Å²) in [6.07, 6.45) is 0.852. The van der Waals surface area contributed by atoms with Gasteiger partial charge in [0.05, 0.1) is 24.2 Å². The number of hydrogen-bond donors (Lipinski definition) is 0. The summed E-state index contributed by atoms with van der Waals surface area (Å²) in [6.45, 7) is 0. The van der Waals surface area contributed by atoms with Crippen LogP contribution in [0.15, 0.2) is 42.5 Å². The molecule has 0 aliphatic carbocycles. The maximum absolute atomic E-state index is 6.68. The van der Waals surface area contributed by atoms with E-state index < -0.39 is 0 Å². The summed E-state index contributed by atoms with van der Waals surface area (Å²) in [5.74, 6) is 1.78. The third-order valence-electron chi connectivity index (χ3n) is 5.47. The summed E-state index contributed by atoms with van der Waals surface area (Å²) in [5.41, 5.74) is 4.19. The Bertz CT molecular complexity index is 1190. The predicted octanol–water partition coefficient (Wildman–Crippen LogP) is 3.85. The third-order valence-corrected chi connectivity index (χ3v) is 5.79. The molecule has 0 spiro atoms. The number of imidazole rings is 1. The second kappa shape index (κ2) is 4.86. The van der Waals surface area contributed by atoms with E-state index in [1.54, 1.807) is 7.11 Å². The van der Waals surface area contributed by atoms with Crippen LogP contribution in [0, 0.1) is 0 Å². The zero-order chi connectivity index (χ0) is 17.4. The summed E-state index contributed by atoms with van der Waals surface area (Å²) < 4.78 is 9.88. The Hall–Kier alpha value is -2.86. The van der Waals surface area contributed by atoms with Crippen LogP contribution in [-0.2, 0) is 0 Å². The number of ether oxygens (including phenoxy) is 1. The third kappa shape index (κ3) is 1.60. The summed E-state index contributed by atoms with van der Waals surface area (Å²) in [5, 5.41) is 9.39. The summed E-state index contributed by atoms with van der Waals surface area (Å²) in [4.78, 5) is 4.92. The van der Waals surface area contributed by atoms with Gasteiger partial charge in [0.1, 0.15) is 11.9 Å². The average molecular weight is 364 g/mol. The molecule has 0 radical (unpaired) electrons. The molecule has 6 rings (SSSR count). The fraction of sp³-hybridized carbons (Fsp3) is 0.211. The lowest BCUT2D eigenvalue weighted by molar-refractivity contribution is 0.344. The molecule has 2 aromatic carbocycles. The molecule has 4 aromatic rings. The molecule has 2 aromatic heterocycles. The first-order valence-electron chi connectivity index (χ1n) is 8.52. The van der Waals surface area contributed by atoms with E-state index in [2.05, 4.69) is 31.5 Å². The number of aromatic nitrogens is 5. The fourth-order valence-corrected chi connectivity index (χ4v) is 4.77. The monoisotopic (exact) mass is 363 g/mol. The van der Waals surface area contributed by atoms with E-state index in [4.69, 9.17) is 21.3 Å². The highest BCUT2D eigenvalue weighted by Gasteiger charge is 2.43. The summed E-state index contributed by atoms with van der Waals surface area (Å²) in [7, 11) is 1.62. The Balaban J connectivity index is 1.78. The van der Waals surface area contributed by atoms with Gasteiger partial charge in [0.2, 0.25) is 0 Å². The molecule has 0 N–H and O–H groups in total. The lowest BCUT2D eigenvalue weighted by Gasteiger charge is -2.19. The van der Waals surface area contributed by atoms with Gasteiger partial charge in [0.25, 0.3) is 0 Å².